The third-order valence-electron chi connectivity index (χ3n) is 4.24. The number of nitrogens with zero attached hydrogens (tertiary/aromatic N) is 3. The first kappa shape index (κ1) is 21.7. The molecule has 0 saturated carbocycles. The maximum absolute atomic E-state index is 9.59. The molecule has 1 aliphatic heterocycles. The number of piperazine rings is 1. The van der Waals surface area contributed by atoms with E-state index in [2.05, 4.69) is 9.80 Å². The van der Waals surface area contributed by atoms with Gasteiger partial charge in [-0.3, -0.25) is 14.7 Å². The van der Waals surface area contributed by atoms with Crippen LogP contribution in [0.15, 0.2) is 0 Å². The Morgan fingerprint density at radius 2 is 1.17 bits per heavy atom. The predicted molar refractivity (Wildman–Crippen MR) is 88.6 cm³/mol. The van der Waals surface area contributed by atoms with Crippen molar-refractivity contribution in [3.8, 4) is 0 Å². The first-order valence-corrected chi connectivity index (χ1v) is 8.52. The average molecular weight is 351 g/mol. The van der Waals surface area contributed by atoms with E-state index in [0.717, 1.165) is 32.7 Å². The summed E-state index contributed by atoms with van der Waals surface area (Å²) in [6.07, 6.45) is -2.44. The van der Waals surface area contributed by atoms with Crippen molar-refractivity contribution in [2.24, 2.45) is 0 Å². The molecule has 6 N–H and O–H groups in total. The van der Waals surface area contributed by atoms with Gasteiger partial charge in [0.25, 0.3) is 0 Å². The maximum atomic E-state index is 9.59. The fourth-order valence-electron chi connectivity index (χ4n) is 2.80. The fraction of sp³-hybridized carbons (Fsp3) is 1.00. The molecule has 1 fully saturated rings. The zero-order valence-corrected chi connectivity index (χ0v) is 14.2. The van der Waals surface area contributed by atoms with Gasteiger partial charge in [0.15, 0.2) is 0 Å². The van der Waals surface area contributed by atoms with Crippen LogP contribution in [-0.4, -0.2) is 142 Å². The second kappa shape index (κ2) is 12.1. The summed E-state index contributed by atoms with van der Waals surface area (Å²) in [5, 5.41) is 55.5. The van der Waals surface area contributed by atoms with Gasteiger partial charge in [0.2, 0.25) is 0 Å². The lowest BCUT2D eigenvalue weighted by molar-refractivity contribution is 0.0145. The molecule has 1 heterocycles. The molecule has 144 valence electrons. The van der Waals surface area contributed by atoms with Crippen LogP contribution < -0.4 is 0 Å². The topological polar surface area (TPSA) is 131 Å². The smallest absolute Gasteiger partial charge is 0.0897 e. The van der Waals surface area contributed by atoms with Crippen LogP contribution in [0.4, 0.5) is 0 Å². The summed E-state index contributed by atoms with van der Waals surface area (Å²) in [6.45, 7) is 4.76. The first-order chi connectivity index (χ1) is 11.5. The normalized spacial score (nSPS) is 21.1. The number of β-amino-alcohol motifs (C(OH)–C–C–N with tert-alkyl or cyclic N) is 1. The van der Waals surface area contributed by atoms with Crippen LogP contribution in [-0.2, 0) is 0 Å². The summed E-state index contributed by atoms with van der Waals surface area (Å²) in [6, 6.07) is 0. The van der Waals surface area contributed by atoms with Crippen LogP contribution in [0.3, 0.4) is 0 Å². The van der Waals surface area contributed by atoms with Crippen LogP contribution in [0.25, 0.3) is 0 Å². The Morgan fingerprint density at radius 3 is 1.62 bits per heavy atom. The molecular formula is C15H33N3O6. The van der Waals surface area contributed by atoms with E-state index in [4.69, 9.17) is 15.3 Å². The van der Waals surface area contributed by atoms with Gasteiger partial charge in [0.05, 0.1) is 38.1 Å². The molecule has 0 aromatic carbocycles. The van der Waals surface area contributed by atoms with Crippen LogP contribution >= 0.6 is 0 Å². The number of hydrogen-bond acceptors (Lipinski definition) is 9. The first-order valence-electron chi connectivity index (χ1n) is 8.52. The standard InChI is InChI=1S/C15H33N3O6/c19-10-13(22)7-17-4-1-16(2-5-17)3-6-18(8-14(23)11-20)9-15(24)12-21/h13-15,19-24H,1-12H2. The lowest BCUT2D eigenvalue weighted by Crippen LogP contribution is -2.51. The number of rotatable bonds is 12. The Balaban J connectivity index is 2.33. The minimum absolute atomic E-state index is 0.227. The summed E-state index contributed by atoms with van der Waals surface area (Å²) < 4.78 is 0. The van der Waals surface area contributed by atoms with Gasteiger partial charge in [-0.25, -0.2) is 0 Å². The second-order valence-corrected chi connectivity index (χ2v) is 6.41. The molecule has 0 amide bonds. The predicted octanol–water partition coefficient (Wildman–Crippen LogP) is -4.03. The number of aliphatic hydroxyl groups is 6. The molecule has 0 aromatic rings. The van der Waals surface area contributed by atoms with Gasteiger partial charge in [0.1, 0.15) is 0 Å². The van der Waals surface area contributed by atoms with Crippen molar-refractivity contribution in [1.82, 2.24) is 14.7 Å². The molecule has 1 aliphatic rings. The summed E-state index contributed by atoms with van der Waals surface area (Å²) in [4.78, 5) is 6.20. The van der Waals surface area contributed by atoms with Crippen molar-refractivity contribution in [2.45, 2.75) is 18.3 Å². The molecule has 9 nitrogen and oxygen atoms in total. The lowest BCUT2D eigenvalue weighted by atomic mass is 10.2. The van der Waals surface area contributed by atoms with E-state index in [1.54, 1.807) is 0 Å². The minimum atomic E-state index is -0.868. The van der Waals surface area contributed by atoms with Crippen LogP contribution in [0.5, 0.6) is 0 Å². The average Bonchev–Trinajstić information content (AvgIpc) is 2.60. The van der Waals surface area contributed by atoms with Gasteiger partial charge < -0.3 is 30.6 Å². The molecule has 1 saturated heterocycles. The third kappa shape index (κ3) is 8.65. The zero-order chi connectivity index (χ0) is 17.9. The highest BCUT2D eigenvalue weighted by atomic mass is 16.3. The third-order valence-corrected chi connectivity index (χ3v) is 4.24. The van der Waals surface area contributed by atoms with Crippen molar-refractivity contribution in [1.29, 1.82) is 0 Å². The molecule has 24 heavy (non-hydrogen) atoms. The van der Waals surface area contributed by atoms with Crippen molar-refractivity contribution >= 4 is 0 Å². The Labute approximate surface area is 143 Å². The van der Waals surface area contributed by atoms with E-state index in [0.29, 0.717) is 13.1 Å². The minimum Gasteiger partial charge on any atom is -0.394 e. The van der Waals surface area contributed by atoms with Crippen LogP contribution in [0, 0.1) is 0 Å². The molecule has 3 unspecified atom stereocenters. The highest BCUT2D eigenvalue weighted by molar-refractivity contribution is 4.76. The molecule has 3 atom stereocenters. The Kier molecular flexibility index (Phi) is 10.9. The highest BCUT2D eigenvalue weighted by Crippen LogP contribution is 2.04. The summed E-state index contributed by atoms with van der Waals surface area (Å²) in [5.41, 5.74) is 0. The van der Waals surface area contributed by atoms with Crippen molar-refractivity contribution in [3.05, 3.63) is 0 Å². The second-order valence-electron chi connectivity index (χ2n) is 6.41. The number of hydrogen-bond donors (Lipinski definition) is 6. The van der Waals surface area contributed by atoms with Gasteiger partial charge in [0, 0.05) is 58.9 Å². The molecule has 0 bridgehead atoms. The Bertz CT molecular complexity index is 306. The van der Waals surface area contributed by atoms with Crippen LogP contribution in [0.2, 0.25) is 0 Å². The maximum Gasteiger partial charge on any atom is 0.0897 e. The lowest BCUT2D eigenvalue weighted by Gasteiger charge is -2.36. The van der Waals surface area contributed by atoms with E-state index in [1.807, 2.05) is 4.90 Å². The van der Waals surface area contributed by atoms with Crippen molar-refractivity contribution < 1.29 is 30.6 Å². The zero-order valence-electron chi connectivity index (χ0n) is 14.2. The molecule has 0 aromatic heterocycles. The van der Waals surface area contributed by atoms with Gasteiger partial charge in [-0.2, -0.15) is 0 Å². The quantitative estimate of drug-likeness (QED) is 0.208. The van der Waals surface area contributed by atoms with Crippen molar-refractivity contribution in [2.75, 3.05) is 78.7 Å². The monoisotopic (exact) mass is 351 g/mol. The van der Waals surface area contributed by atoms with Crippen LogP contribution in [0.1, 0.15) is 0 Å². The molecule has 1 rings (SSSR count). The van der Waals surface area contributed by atoms with Gasteiger partial charge in [-0.05, 0) is 0 Å². The summed E-state index contributed by atoms with van der Waals surface area (Å²) >= 11 is 0. The van der Waals surface area contributed by atoms with Gasteiger partial charge >= 0.3 is 0 Å². The molecular weight excluding hydrogens is 318 g/mol. The molecule has 0 radical (unpaired) electrons. The van der Waals surface area contributed by atoms with E-state index < -0.39 is 18.3 Å². The van der Waals surface area contributed by atoms with Gasteiger partial charge in [-0.1, -0.05) is 0 Å². The Morgan fingerprint density at radius 1 is 0.708 bits per heavy atom. The molecule has 9 heteroatoms. The summed E-state index contributed by atoms with van der Waals surface area (Å²) in [5.74, 6) is 0. The molecule has 0 spiro atoms. The Hall–Kier alpha value is -0.360. The van der Waals surface area contributed by atoms with Crippen molar-refractivity contribution in [3.63, 3.8) is 0 Å². The number of aliphatic hydroxyl groups excluding tert-OH is 6. The summed E-state index contributed by atoms with van der Waals surface area (Å²) in [7, 11) is 0. The fourth-order valence-corrected chi connectivity index (χ4v) is 2.80. The van der Waals surface area contributed by atoms with E-state index in [1.165, 1.54) is 0 Å². The van der Waals surface area contributed by atoms with E-state index >= 15 is 0 Å². The highest BCUT2D eigenvalue weighted by Gasteiger charge is 2.20. The SMILES string of the molecule is OCC(O)CN1CCN(CCN(CC(O)CO)CC(O)CO)CC1. The van der Waals surface area contributed by atoms with E-state index in [9.17, 15) is 15.3 Å². The largest absolute Gasteiger partial charge is 0.394 e. The molecule has 0 aliphatic carbocycles. The van der Waals surface area contributed by atoms with Gasteiger partial charge in [-0.15, -0.1) is 0 Å². The van der Waals surface area contributed by atoms with E-state index in [-0.39, 0.29) is 32.9 Å².